The van der Waals surface area contributed by atoms with E-state index >= 15 is 0 Å². The Morgan fingerprint density at radius 2 is 2.28 bits per heavy atom. The van der Waals surface area contributed by atoms with Crippen LogP contribution in [-0.4, -0.2) is 34.3 Å². The minimum atomic E-state index is 0.219. The maximum Gasteiger partial charge on any atom is 0.135 e. The fraction of sp³-hybridized carbons (Fsp3) is 0.692. The summed E-state index contributed by atoms with van der Waals surface area (Å²) in [4.78, 5) is 11.1. The molecule has 0 spiro atoms. The predicted octanol–water partition coefficient (Wildman–Crippen LogP) is 2.60. The molecule has 0 aromatic carbocycles. The van der Waals surface area contributed by atoms with Crippen molar-refractivity contribution in [3.05, 3.63) is 17.0 Å². The van der Waals surface area contributed by atoms with E-state index in [1.54, 1.807) is 0 Å². The maximum absolute atomic E-state index is 9.10. The van der Waals surface area contributed by atoms with Crippen molar-refractivity contribution >= 4 is 17.4 Å². The number of aliphatic hydroxyl groups excluding tert-OH is 1. The molecule has 1 unspecified atom stereocenters. The number of nitrogens with zero attached hydrogens (tertiary/aromatic N) is 3. The van der Waals surface area contributed by atoms with E-state index in [9.17, 15) is 0 Å². The van der Waals surface area contributed by atoms with Gasteiger partial charge in [0, 0.05) is 31.2 Å². The van der Waals surface area contributed by atoms with E-state index in [4.69, 9.17) is 16.7 Å². The lowest BCUT2D eigenvalue weighted by atomic mass is 10.1. The molecular formula is C13H20ClN3O. The van der Waals surface area contributed by atoms with Crippen molar-refractivity contribution in [3.8, 4) is 0 Å². The Morgan fingerprint density at radius 1 is 1.50 bits per heavy atom. The summed E-state index contributed by atoms with van der Waals surface area (Å²) in [5.74, 6) is 1.95. The lowest BCUT2D eigenvalue weighted by Gasteiger charge is -2.25. The highest BCUT2D eigenvalue weighted by molar-refractivity contribution is 6.29. The molecular weight excluding hydrogens is 250 g/mol. The largest absolute Gasteiger partial charge is 0.396 e. The third-order valence-corrected chi connectivity index (χ3v) is 3.54. The van der Waals surface area contributed by atoms with E-state index in [0.717, 1.165) is 37.4 Å². The number of aromatic nitrogens is 2. The molecule has 2 rings (SSSR count). The summed E-state index contributed by atoms with van der Waals surface area (Å²) in [5.41, 5.74) is 0. The summed E-state index contributed by atoms with van der Waals surface area (Å²) in [5, 5.41) is 9.60. The topological polar surface area (TPSA) is 49.2 Å². The molecule has 1 aromatic heterocycles. The van der Waals surface area contributed by atoms with Crippen LogP contribution in [-0.2, 0) is 0 Å². The third kappa shape index (κ3) is 2.93. The van der Waals surface area contributed by atoms with Crippen molar-refractivity contribution in [2.45, 2.75) is 45.1 Å². The molecule has 100 valence electrons. The van der Waals surface area contributed by atoms with Gasteiger partial charge >= 0.3 is 0 Å². The van der Waals surface area contributed by atoms with Gasteiger partial charge in [-0.05, 0) is 19.3 Å². The van der Waals surface area contributed by atoms with Gasteiger partial charge in [0.05, 0.1) is 0 Å². The molecule has 5 heteroatoms. The second-order valence-electron chi connectivity index (χ2n) is 5.06. The van der Waals surface area contributed by atoms with Gasteiger partial charge in [0.25, 0.3) is 0 Å². The average Bonchev–Trinajstić information content (AvgIpc) is 2.77. The minimum absolute atomic E-state index is 0.219. The summed E-state index contributed by atoms with van der Waals surface area (Å²) in [6.07, 6.45) is 3.04. The van der Waals surface area contributed by atoms with Crippen LogP contribution in [0.2, 0.25) is 5.15 Å². The smallest absolute Gasteiger partial charge is 0.135 e. The molecule has 1 fully saturated rings. The van der Waals surface area contributed by atoms with Crippen LogP contribution in [0.3, 0.4) is 0 Å². The summed E-state index contributed by atoms with van der Waals surface area (Å²) in [6, 6.07) is 2.20. The number of hydrogen-bond acceptors (Lipinski definition) is 4. The number of anilines is 1. The van der Waals surface area contributed by atoms with Gasteiger partial charge in [-0.2, -0.15) is 0 Å². The summed E-state index contributed by atoms with van der Waals surface area (Å²) >= 11 is 6.07. The Labute approximate surface area is 113 Å². The second-order valence-corrected chi connectivity index (χ2v) is 5.45. The zero-order valence-corrected chi connectivity index (χ0v) is 11.7. The van der Waals surface area contributed by atoms with Gasteiger partial charge in [-0.25, -0.2) is 9.97 Å². The zero-order chi connectivity index (χ0) is 13.1. The van der Waals surface area contributed by atoms with Crippen molar-refractivity contribution in [2.75, 3.05) is 18.1 Å². The van der Waals surface area contributed by atoms with Crippen LogP contribution in [0.4, 0.5) is 5.82 Å². The number of halogens is 1. The highest BCUT2D eigenvalue weighted by Crippen LogP contribution is 2.28. The van der Waals surface area contributed by atoms with Crippen LogP contribution in [0.1, 0.15) is 44.9 Å². The normalized spacial score (nSPS) is 19.8. The fourth-order valence-corrected chi connectivity index (χ4v) is 2.60. The zero-order valence-electron chi connectivity index (χ0n) is 10.9. The van der Waals surface area contributed by atoms with E-state index in [1.165, 1.54) is 0 Å². The standard InChI is InChI=1S/C13H20ClN3O/c1-9(2)13-15-11(14)8-12(16-13)17-6-3-4-10(17)5-7-18/h8-10,18H,3-7H2,1-2H3. The Balaban J connectivity index is 2.26. The average molecular weight is 270 g/mol. The van der Waals surface area contributed by atoms with E-state index in [2.05, 4.69) is 28.7 Å². The quantitative estimate of drug-likeness (QED) is 0.854. The van der Waals surface area contributed by atoms with Crippen LogP contribution in [0.25, 0.3) is 0 Å². The molecule has 0 radical (unpaired) electrons. The molecule has 1 aromatic rings. The van der Waals surface area contributed by atoms with E-state index in [1.807, 2.05) is 6.07 Å². The monoisotopic (exact) mass is 269 g/mol. The number of hydrogen-bond donors (Lipinski definition) is 1. The van der Waals surface area contributed by atoms with Crippen molar-refractivity contribution in [2.24, 2.45) is 0 Å². The molecule has 1 aliphatic heterocycles. The van der Waals surface area contributed by atoms with Gasteiger partial charge in [0.2, 0.25) is 0 Å². The molecule has 1 atom stereocenters. The fourth-order valence-electron chi connectivity index (χ4n) is 2.41. The molecule has 1 saturated heterocycles. The molecule has 0 aliphatic carbocycles. The summed E-state index contributed by atoms with van der Waals surface area (Å²) in [7, 11) is 0. The van der Waals surface area contributed by atoms with Gasteiger partial charge in [0.15, 0.2) is 0 Å². The van der Waals surface area contributed by atoms with Crippen molar-refractivity contribution < 1.29 is 5.11 Å². The van der Waals surface area contributed by atoms with Crippen LogP contribution in [0, 0.1) is 0 Å². The van der Waals surface area contributed by atoms with E-state index in [-0.39, 0.29) is 12.5 Å². The molecule has 1 N–H and O–H groups in total. The van der Waals surface area contributed by atoms with Gasteiger partial charge in [-0.3, -0.25) is 0 Å². The summed E-state index contributed by atoms with van der Waals surface area (Å²) < 4.78 is 0. The summed E-state index contributed by atoms with van der Waals surface area (Å²) in [6.45, 7) is 5.32. The van der Waals surface area contributed by atoms with Crippen LogP contribution >= 0.6 is 11.6 Å². The van der Waals surface area contributed by atoms with Crippen LogP contribution in [0.5, 0.6) is 0 Å². The predicted molar refractivity (Wildman–Crippen MR) is 73.2 cm³/mol. The number of rotatable bonds is 4. The lowest BCUT2D eigenvalue weighted by Crippen LogP contribution is -2.31. The number of aliphatic hydroxyl groups is 1. The minimum Gasteiger partial charge on any atom is -0.396 e. The molecule has 0 saturated carbocycles. The van der Waals surface area contributed by atoms with Crippen molar-refractivity contribution in [3.63, 3.8) is 0 Å². The van der Waals surface area contributed by atoms with Crippen molar-refractivity contribution in [1.29, 1.82) is 0 Å². The van der Waals surface area contributed by atoms with E-state index < -0.39 is 0 Å². The molecule has 0 amide bonds. The van der Waals surface area contributed by atoms with Crippen LogP contribution in [0.15, 0.2) is 6.07 Å². The van der Waals surface area contributed by atoms with Gasteiger partial charge in [-0.15, -0.1) is 0 Å². The second kappa shape index (κ2) is 5.85. The highest BCUT2D eigenvalue weighted by atomic mass is 35.5. The van der Waals surface area contributed by atoms with Gasteiger partial charge in [0.1, 0.15) is 16.8 Å². The molecule has 2 heterocycles. The SMILES string of the molecule is CC(C)c1nc(Cl)cc(N2CCCC2CCO)n1. The Morgan fingerprint density at radius 3 is 2.94 bits per heavy atom. The Bertz CT molecular complexity index is 411. The Kier molecular flexibility index (Phi) is 4.40. The maximum atomic E-state index is 9.10. The first kappa shape index (κ1) is 13.6. The first-order valence-electron chi connectivity index (χ1n) is 6.53. The van der Waals surface area contributed by atoms with Gasteiger partial charge in [-0.1, -0.05) is 25.4 Å². The van der Waals surface area contributed by atoms with E-state index in [0.29, 0.717) is 11.2 Å². The molecule has 0 bridgehead atoms. The molecule has 4 nitrogen and oxygen atoms in total. The lowest BCUT2D eigenvalue weighted by molar-refractivity contribution is 0.275. The highest BCUT2D eigenvalue weighted by Gasteiger charge is 2.26. The van der Waals surface area contributed by atoms with Gasteiger partial charge < -0.3 is 10.0 Å². The van der Waals surface area contributed by atoms with Crippen LogP contribution < -0.4 is 4.90 Å². The first-order chi connectivity index (χ1) is 8.61. The molecule has 18 heavy (non-hydrogen) atoms. The van der Waals surface area contributed by atoms with Crippen molar-refractivity contribution in [1.82, 2.24) is 9.97 Å². The first-order valence-corrected chi connectivity index (χ1v) is 6.91. The third-order valence-electron chi connectivity index (χ3n) is 3.35. The Hall–Kier alpha value is -0.870. The molecule has 1 aliphatic rings.